The number of fused-ring (bicyclic) bond motifs is 2. The summed E-state index contributed by atoms with van der Waals surface area (Å²) in [5.41, 5.74) is 13.0. The Labute approximate surface area is 194 Å². The smallest absolute Gasteiger partial charge is 0.242 e. The van der Waals surface area contributed by atoms with Crippen molar-refractivity contribution >= 4 is 65.2 Å². The number of hydrogen-bond donors (Lipinski definition) is 2. The first-order valence-corrected chi connectivity index (χ1v) is 13.0. The zero-order valence-corrected chi connectivity index (χ0v) is 19.6. The van der Waals surface area contributed by atoms with E-state index in [1.807, 2.05) is 15.9 Å². The molecule has 2 aliphatic rings. The van der Waals surface area contributed by atoms with Crippen molar-refractivity contribution in [2.45, 2.75) is 63.5 Å². The lowest BCUT2D eigenvalue weighted by atomic mass is 10.2. The molecule has 2 saturated carbocycles. The summed E-state index contributed by atoms with van der Waals surface area (Å²) in [6.07, 6.45) is 8.50. The molecule has 5 rings (SSSR count). The molecule has 0 aliphatic heterocycles. The van der Waals surface area contributed by atoms with Crippen LogP contribution in [-0.2, 0) is 9.59 Å². The number of benzene rings is 1. The van der Waals surface area contributed by atoms with Gasteiger partial charge in [-0.2, -0.15) is 0 Å². The monoisotopic (exact) mass is 472 g/mol. The van der Waals surface area contributed by atoms with Gasteiger partial charge in [-0.25, -0.2) is 9.97 Å². The van der Waals surface area contributed by atoms with Gasteiger partial charge < -0.3 is 11.5 Å². The van der Waals surface area contributed by atoms with Crippen molar-refractivity contribution in [2.75, 3.05) is 22.9 Å². The van der Waals surface area contributed by atoms with Crippen LogP contribution in [0.4, 0.5) is 10.3 Å². The lowest BCUT2D eigenvalue weighted by Gasteiger charge is -2.25. The molecule has 2 aromatic heterocycles. The predicted molar refractivity (Wildman–Crippen MR) is 130 cm³/mol. The van der Waals surface area contributed by atoms with E-state index in [9.17, 15) is 9.59 Å². The molecule has 2 heterocycles. The molecule has 2 amide bonds. The molecule has 2 aliphatic carbocycles. The summed E-state index contributed by atoms with van der Waals surface area (Å²) in [5.74, 6) is -0.156. The van der Waals surface area contributed by atoms with Gasteiger partial charge in [-0.15, -0.1) is 0 Å². The molecule has 2 fully saturated rings. The Balaban J connectivity index is 1.51. The summed E-state index contributed by atoms with van der Waals surface area (Å²) in [5, 5.41) is 1.43. The number of thiazole rings is 2. The van der Waals surface area contributed by atoms with E-state index in [0.717, 1.165) is 71.8 Å². The van der Waals surface area contributed by atoms with Crippen LogP contribution >= 0.6 is 22.7 Å². The number of amides is 2. The average Bonchev–Trinajstić information content (AvgIpc) is 3.58. The van der Waals surface area contributed by atoms with Crippen molar-refractivity contribution in [1.82, 2.24) is 9.97 Å². The number of aromatic nitrogens is 2. The standard InChI is InChI=1S/C22H28N6O2S2/c23-11-19(29)27(13-5-1-2-6-13)21-25-15-9-16-18(10-17(15)31-21)32-22(26-16)28(20(30)12-24)14-7-3-4-8-14/h9-10,13-14H,1-8,11-12,23-24H2. The number of hydrogen-bond acceptors (Lipinski definition) is 8. The summed E-state index contributed by atoms with van der Waals surface area (Å²) in [7, 11) is 0. The van der Waals surface area contributed by atoms with E-state index >= 15 is 0 Å². The molecule has 1 aromatic carbocycles. The lowest BCUT2D eigenvalue weighted by molar-refractivity contribution is -0.118. The van der Waals surface area contributed by atoms with Crippen LogP contribution in [0.3, 0.4) is 0 Å². The predicted octanol–water partition coefficient (Wildman–Crippen LogP) is 3.37. The van der Waals surface area contributed by atoms with Gasteiger partial charge in [0.25, 0.3) is 0 Å². The fraction of sp³-hybridized carbons (Fsp3) is 0.545. The Morgan fingerprint density at radius 3 is 1.56 bits per heavy atom. The van der Waals surface area contributed by atoms with E-state index in [1.165, 1.54) is 22.7 Å². The van der Waals surface area contributed by atoms with Crippen LogP contribution in [-0.4, -0.2) is 47.0 Å². The Hall–Kier alpha value is -2.14. The first-order chi connectivity index (χ1) is 15.6. The molecule has 8 nitrogen and oxygen atoms in total. The fourth-order valence-electron chi connectivity index (χ4n) is 4.99. The van der Waals surface area contributed by atoms with Gasteiger partial charge in [0.05, 0.1) is 33.5 Å². The van der Waals surface area contributed by atoms with Crippen molar-refractivity contribution in [2.24, 2.45) is 11.5 Å². The highest BCUT2D eigenvalue weighted by molar-refractivity contribution is 7.24. The normalized spacial score (nSPS) is 17.6. The van der Waals surface area contributed by atoms with Crippen molar-refractivity contribution in [3.63, 3.8) is 0 Å². The van der Waals surface area contributed by atoms with Gasteiger partial charge in [0, 0.05) is 12.1 Å². The van der Waals surface area contributed by atoms with E-state index < -0.39 is 0 Å². The zero-order valence-electron chi connectivity index (χ0n) is 18.0. The molecule has 3 aromatic rings. The Morgan fingerprint density at radius 2 is 1.19 bits per heavy atom. The quantitative estimate of drug-likeness (QED) is 0.568. The van der Waals surface area contributed by atoms with Crippen LogP contribution < -0.4 is 21.3 Å². The minimum atomic E-state index is -0.0781. The summed E-state index contributed by atoms with van der Waals surface area (Å²) in [6.45, 7) is -0.0305. The highest BCUT2D eigenvalue weighted by Crippen LogP contribution is 2.39. The summed E-state index contributed by atoms with van der Waals surface area (Å²) < 4.78 is 2.01. The van der Waals surface area contributed by atoms with Crippen LogP contribution in [0, 0.1) is 0 Å². The van der Waals surface area contributed by atoms with E-state index in [2.05, 4.69) is 6.07 Å². The third kappa shape index (κ3) is 3.89. The Bertz CT molecular complexity index is 1010. The minimum absolute atomic E-state index is 0.0153. The Morgan fingerprint density at radius 1 is 0.781 bits per heavy atom. The third-order valence-electron chi connectivity index (χ3n) is 6.55. The summed E-state index contributed by atoms with van der Waals surface area (Å²) in [6, 6.07) is 4.40. The Kier molecular flexibility index (Phi) is 6.11. The molecule has 0 unspecified atom stereocenters. The molecular weight excluding hydrogens is 444 g/mol. The highest BCUT2D eigenvalue weighted by Gasteiger charge is 2.31. The second-order valence-corrected chi connectivity index (χ2v) is 10.6. The van der Waals surface area contributed by atoms with E-state index in [4.69, 9.17) is 21.4 Å². The molecule has 170 valence electrons. The molecule has 0 saturated heterocycles. The number of nitrogens with two attached hydrogens (primary N) is 2. The summed E-state index contributed by atoms with van der Waals surface area (Å²) >= 11 is 3.04. The van der Waals surface area contributed by atoms with Gasteiger partial charge >= 0.3 is 0 Å². The second kappa shape index (κ2) is 9.01. The van der Waals surface area contributed by atoms with Crippen LogP contribution in [0.1, 0.15) is 51.4 Å². The average molecular weight is 473 g/mol. The second-order valence-electron chi connectivity index (χ2n) is 8.59. The maximum atomic E-state index is 12.6. The molecule has 0 radical (unpaired) electrons. The number of anilines is 2. The van der Waals surface area contributed by atoms with Crippen molar-refractivity contribution in [3.8, 4) is 0 Å². The number of nitrogens with zero attached hydrogens (tertiary/aromatic N) is 4. The number of carbonyl (C=O) groups is 2. The van der Waals surface area contributed by atoms with Crippen LogP contribution in [0.25, 0.3) is 20.4 Å². The minimum Gasteiger partial charge on any atom is -0.322 e. The van der Waals surface area contributed by atoms with Gasteiger partial charge in [-0.1, -0.05) is 48.4 Å². The molecule has 0 atom stereocenters. The van der Waals surface area contributed by atoms with Crippen molar-refractivity contribution < 1.29 is 9.59 Å². The van der Waals surface area contributed by atoms with Gasteiger partial charge in [0.15, 0.2) is 10.3 Å². The summed E-state index contributed by atoms with van der Waals surface area (Å²) in [4.78, 5) is 38.4. The molecule has 4 N–H and O–H groups in total. The van der Waals surface area contributed by atoms with Crippen molar-refractivity contribution in [3.05, 3.63) is 12.1 Å². The van der Waals surface area contributed by atoms with Gasteiger partial charge in [-0.05, 0) is 37.8 Å². The SMILES string of the molecule is NCC(=O)N(c1nc2cc3nc(N(C(=O)CN)C4CCCC4)sc3cc2s1)C1CCCC1. The van der Waals surface area contributed by atoms with E-state index in [0.29, 0.717) is 10.3 Å². The molecule has 10 heteroatoms. The van der Waals surface area contributed by atoms with Crippen LogP contribution in [0.2, 0.25) is 0 Å². The largest absolute Gasteiger partial charge is 0.322 e. The maximum absolute atomic E-state index is 12.6. The fourth-order valence-corrected chi connectivity index (χ4v) is 7.21. The van der Waals surface area contributed by atoms with Gasteiger partial charge in [0.2, 0.25) is 11.8 Å². The molecule has 0 bridgehead atoms. The van der Waals surface area contributed by atoms with Crippen LogP contribution in [0.15, 0.2) is 12.1 Å². The van der Waals surface area contributed by atoms with Gasteiger partial charge in [0.1, 0.15) is 0 Å². The third-order valence-corrected chi connectivity index (χ3v) is 8.59. The first-order valence-electron chi connectivity index (χ1n) is 11.3. The molecule has 32 heavy (non-hydrogen) atoms. The van der Waals surface area contributed by atoms with E-state index in [-0.39, 0.29) is 37.0 Å². The van der Waals surface area contributed by atoms with Crippen LogP contribution in [0.5, 0.6) is 0 Å². The zero-order chi connectivity index (χ0) is 22.2. The van der Waals surface area contributed by atoms with Gasteiger partial charge in [-0.3, -0.25) is 19.4 Å². The highest BCUT2D eigenvalue weighted by atomic mass is 32.1. The lowest BCUT2D eigenvalue weighted by Crippen LogP contribution is -2.42. The van der Waals surface area contributed by atoms with Crippen molar-refractivity contribution in [1.29, 1.82) is 0 Å². The molecule has 0 spiro atoms. The number of rotatable bonds is 6. The maximum Gasteiger partial charge on any atom is 0.242 e. The topological polar surface area (TPSA) is 118 Å². The molecular formula is C22H28N6O2S2. The first kappa shape index (κ1) is 21.7. The van der Waals surface area contributed by atoms with E-state index in [1.54, 1.807) is 0 Å². The number of carbonyl (C=O) groups excluding carboxylic acids is 2.